The predicted octanol–water partition coefficient (Wildman–Crippen LogP) is 0.217. The monoisotopic (exact) mass is 227 g/mol. The van der Waals surface area contributed by atoms with Crippen LogP contribution in [0, 0.1) is 12.7 Å². The van der Waals surface area contributed by atoms with E-state index in [9.17, 15) is 9.18 Å². The van der Waals surface area contributed by atoms with Crippen LogP contribution >= 0.6 is 0 Å². The normalized spacial score (nSPS) is 10.6. The second kappa shape index (κ2) is 5.58. The van der Waals surface area contributed by atoms with Crippen LogP contribution in [-0.2, 0) is 0 Å². The standard InChI is InChI=1S/C11H14FNO3/c1-7-4-8(12)2-3-10(7)11(16)13-9(5-14)6-15/h2-4,9,14-15H,5-6H2,1H3,(H,13,16). The average Bonchev–Trinajstić information content (AvgIpc) is 2.25. The van der Waals surface area contributed by atoms with Crippen LogP contribution in [0.3, 0.4) is 0 Å². The van der Waals surface area contributed by atoms with Crippen molar-refractivity contribution in [3.05, 3.63) is 35.1 Å². The van der Waals surface area contributed by atoms with E-state index in [1.165, 1.54) is 18.2 Å². The Kier molecular flexibility index (Phi) is 4.39. The van der Waals surface area contributed by atoms with Crippen LogP contribution < -0.4 is 5.32 Å². The van der Waals surface area contributed by atoms with Crippen molar-refractivity contribution in [1.29, 1.82) is 0 Å². The number of rotatable bonds is 4. The molecule has 0 saturated heterocycles. The van der Waals surface area contributed by atoms with Gasteiger partial charge in [0.1, 0.15) is 5.82 Å². The van der Waals surface area contributed by atoms with Crippen molar-refractivity contribution in [3.63, 3.8) is 0 Å². The van der Waals surface area contributed by atoms with Gasteiger partial charge in [0, 0.05) is 5.56 Å². The van der Waals surface area contributed by atoms with Crippen molar-refractivity contribution >= 4 is 5.91 Å². The van der Waals surface area contributed by atoms with E-state index in [0.717, 1.165) is 0 Å². The van der Waals surface area contributed by atoms with Crippen LogP contribution in [0.5, 0.6) is 0 Å². The molecular weight excluding hydrogens is 213 g/mol. The van der Waals surface area contributed by atoms with Crippen LogP contribution in [0.1, 0.15) is 15.9 Å². The van der Waals surface area contributed by atoms with Crippen molar-refractivity contribution in [1.82, 2.24) is 5.32 Å². The minimum Gasteiger partial charge on any atom is -0.394 e. The molecule has 0 aromatic heterocycles. The lowest BCUT2D eigenvalue weighted by atomic mass is 10.1. The summed E-state index contributed by atoms with van der Waals surface area (Å²) in [5, 5.41) is 20.0. The molecule has 0 heterocycles. The number of carbonyl (C=O) groups is 1. The summed E-state index contributed by atoms with van der Waals surface area (Å²) < 4.78 is 12.8. The van der Waals surface area contributed by atoms with E-state index in [0.29, 0.717) is 11.1 Å². The van der Waals surface area contributed by atoms with Crippen LogP contribution in [0.4, 0.5) is 4.39 Å². The van der Waals surface area contributed by atoms with Crippen molar-refractivity contribution in [3.8, 4) is 0 Å². The number of hydrogen-bond acceptors (Lipinski definition) is 3. The Balaban J connectivity index is 2.80. The molecule has 0 aliphatic rings. The molecule has 0 saturated carbocycles. The summed E-state index contributed by atoms with van der Waals surface area (Å²) in [7, 11) is 0. The van der Waals surface area contributed by atoms with Crippen LogP contribution in [-0.4, -0.2) is 35.4 Å². The van der Waals surface area contributed by atoms with E-state index in [4.69, 9.17) is 10.2 Å². The number of nitrogens with one attached hydrogen (secondary N) is 1. The molecule has 1 rings (SSSR count). The highest BCUT2D eigenvalue weighted by atomic mass is 19.1. The van der Waals surface area contributed by atoms with Gasteiger partial charge in [-0.3, -0.25) is 4.79 Å². The van der Waals surface area contributed by atoms with Crippen molar-refractivity contribution < 1.29 is 19.4 Å². The summed E-state index contributed by atoms with van der Waals surface area (Å²) in [4.78, 5) is 11.6. The van der Waals surface area contributed by atoms with Gasteiger partial charge in [-0.15, -0.1) is 0 Å². The largest absolute Gasteiger partial charge is 0.394 e. The van der Waals surface area contributed by atoms with Gasteiger partial charge >= 0.3 is 0 Å². The number of amides is 1. The molecule has 88 valence electrons. The van der Waals surface area contributed by atoms with E-state index in [2.05, 4.69) is 5.32 Å². The molecule has 5 heteroatoms. The van der Waals surface area contributed by atoms with Gasteiger partial charge in [-0.05, 0) is 30.7 Å². The maximum atomic E-state index is 12.8. The SMILES string of the molecule is Cc1cc(F)ccc1C(=O)NC(CO)CO. The third-order valence-electron chi connectivity index (χ3n) is 2.21. The fraction of sp³-hybridized carbons (Fsp3) is 0.364. The Morgan fingerprint density at radius 3 is 2.56 bits per heavy atom. The van der Waals surface area contributed by atoms with E-state index in [-0.39, 0.29) is 13.2 Å². The summed E-state index contributed by atoms with van der Waals surface area (Å²) in [5.41, 5.74) is 0.834. The summed E-state index contributed by atoms with van der Waals surface area (Å²) in [6.45, 7) is 0.926. The molecule has 0 radical (unpaired) electrons. The molecule has 0 aliphatic carbocycles. The topological polar surface area (TPSA) is 69.6 Å². The summed E-state index contributed by atoms with van der Waals surface area (Å²) in [5.74, 6) is -0.847. The third-order valence-corrected chi connectivity index (χ3v) is 2.21. The highest BCUT2D eigenvalue weighted by molar-refractivity contribution is 5.95. The zero-order valence-electron chi connectivity index (χ0n) is 8.90. The van der Waals surface area contributed by atoms with Gasteiger partial charge in [-0.25, -0.2) is 4.39 Å². The van der Waals surface area contributed by atoms with E-state index >= 15 is 0 Å². The smallest absolute Gasteiger partial charge is 0.251 e. The molecule has 0 atom stereocenters. The minimum absolute atomic E-state index is 0.327. The first kappa shape index (κ1) is 12.6. The third kappa shape index (κ3) is 3.01. The Morgan fingerprint density at radius 2 is 2.06 bits per heavy atom. The molecule has 1 aromatic rings. The first-order chi connectivity index (χ1) is 7.58. The van der Waals surface area contributed by atoms with Gasteiger partial charge in [0.05, 0.1) is 19.3 Å². The number of carbonyl (C=O) groups excluding carboxylic acids is 1. The zero-order valence-corrected chi connectivity index (χ0v) is 8.90. The second-order valence-electron chi connectivity index (χ2n) is 3.49. The van der Waals surface area contributed by atoms with Gasteiger partial charge in [-0.1, -0.05) is 0 Å². The number of aliphatic hydroxyl groups is 2. The van der Waals surface area contributed by atoms with Crippen molar-refractivity contribution in [2.24, 2.45) is 0 Å². The summed E-state index contributed by atoms with van der Waals surface area (Å²) in [6, 6.07) is 3.11. The Hall–Kier alpha value is -1.46. The lowest BCUT2D eigenvalue weighted by Gasteiger charge is -2.14. The van der Waals surface area contributed by atoms with Crippen molar-refractivity contribution in [2.75, 3.05) is 13.2 Å². The maximum absolute atomic E-state index is 12.8. The molecule has 1 amide bonds. The molecule has 4 nitrogen and oxygen atoms in total. The second-order valence-corrected chi connectivity index (χ2v) is 3.49. The predicted molar refractivity (Wildman–Crippen MR) is 56.6 cm³/mol. The molecule has 1 aromatic carbocycles. The fourth-order valence-corrected chi connectivity index (χ4v) is 1.29. The molecule has 0 unspecified atom stereocenters. The first-order valence-electron chi connectivity index (χ1n) is 4.87. The summed E-state index contributed by atoms with van der Waals surface area (Å²) in [6.07, 6.45) is 0. The van der Waals surface area contributed by atoms with Crippen molar-refractivity contribution in [2.45, 2.75) is 13.0 Å². The quantitative estimate of drug-likeness (QED) is 0.689. The van der Waals surface area contributed by atoms with Gasteiger partial charge in [0.25, 0.3) is 5.91 Å². The highest BCUT2D eigenvalue weighted by Crippen LogP contribution is 2.10. The maximum Gasteiger partial charge on any atom is 0.251 e. The van der Waals surface area contributed by atoms with E-state index < -0.39 is 17.8 Å². The minimum atomic E-state index is -0.697. The van der Waals surface area contributed by atoms with Gasteiger partial charge in [-0.2, -0.15) is 0 Å². The Bertz CT molecular complexity index is 377. The van der Waals surface area contributed by atoms with Crippen LogP contribution in [0.25, 0.3) is 0 Å². The van der Waals surface area contributed by atoms with Gasteiger partial charge in [0.15, 0.2) is 0 Å². The molecular formula is C11H14FNO3. The molecule has 0 fully saturated rings. The van der Waals surface area contributed by atoms with E-state index in [1.54, 1.807) is 6.92 Å². The molecule has 0 bridgehead atoms. The zero-order chi connectivity index (χ0) is 12.1. The Morgan fingerprint density at radius 1 is 1.44 bits per heavy atom. The number of benzene rings is 1. The molecule has 0 aliphatic heterocycles. The molecule has 3 N–H and O–H groups in total. The molecule has 0 spiro atoms. The summed E-state index contributed by atoms with van der Waals surface area (Å²) >= 11 is 0. The van der Waals surface area contributed by atoms with Gasteiger partial charge in [0.2, 0.25) is 0 Å². The average molecular weight is 227 g/mol. The lowest BCUT2D eigenvalue weighted by molar-refractivity contribution is 0.0878. The van der Waals surface area contributed by atoms with Gasteiger partial charge < -0.3 is 15.5 Å². The Labute approximate surface area is 92.7 Å². The van der Waals surface area contributed by atoms with Crippen LogP contribution in [0.2, 0.25) is 0 Å². The number of halogens is 1. The van der Waals surface area contributed by atoms with E-state index in [1.807, 2.05) is 0 Å². The fourth-order valence-electron chi connectivity index (χ4n) is 1.29. The number of aryl methyl sites for hydroxylation is 1. The lowest BCUT2D eigenvalue weighted by Crippen LogP contribution is -2.40. The van der Waals surface area contributed by atoms with Crippen LogP contribution in [0.15, 0.2) is 18.2 Å². The molecule has 16 heavy (non-hydrogen) atoms. The number of hydrogen-bond donors (Lipinski definition) is 3. The first-order valence-corrected chi connectivity index (χ1v) is 4.87. The highest BCUT2D eigenvalue weighted by Gasteiger charge is 2.13. The number of aliphatic hydroxyl groups excluding tert-OH is 2.